The number of hydrogen-bond donors (Lipinski definition) is 0. The van der Waals surface area contributed by atoms with Gasteiger partial charge in [0.2, 0.25) is 0 Å². The van der Waals surface area contributed by atoms with Crippen LogP contribution in [0, 0.1) is 0 Å². The van der Waals surface area contributed by atoms with Crippen LogP contribution in [0.2, 0.25) is 0 Å². The SMILES string of the molecule is COC1(c2ccccn2)CC1. The smallest absolute Gasteiger partial charge is 0.110 e. The van der Waals surface area contributed by atoms with E-state index in [-0.39, 0.29) is 5.60 Å². The van der Waals surface area contributed by atoms with Gasteiger partial charge >= 0.3 is 0 Å². The fourth-order valence-corrected chi connectivity index (χ4v) is 1.31. The second kappa shape index (κ2) is 2.31. The Bertz CT molecular complexity index is 241. The molecule has 0 spiro atoms. The van der Waals surface area contributed by atoms with Gasteiger partial charge in [-0.25, -0.2) is 0 Å². The molecule has 1 fully saturated rings. The van der Waals surface area contributed by atoms with Crippen molar-refractivity contribution in [1.82, 2.24) is 4.98 Å². The van der Waals surface area contributed by atoms with E-state index in [2.05, 4.69) is 4.98 Å². The molecule has 1 heterocycles. The van der Waals surface area contributed by atoms with Gasteiger partial charge in [-0.05, 0) is 25.0 Å². The minimum Gasteiger partial charge on any atom is -0.372 e. The molecule has 0 aliphatic heterocycles. The first-order valence-electron chi connectivity index (χ1n) is 3.84. The van der Waals surface area contributed by atoms with Gasteiger partial charge < -0.3 is 4.74 Å². The fourth-order valence-electron chi connectivity index (χ4n) is 1.31. The Kier molecular flexibility index (Phi) is 1.43. The Balaban J connectivity index is 2.30. The van der Waals surface area contributed by atoms with Crippen molar-refractivity contribution < 1.29 is 4.74 Å². The van der Waals surface area contributed by atoms with Crippen molar-refractivity contribution in [3.63, 3.8) is 0 Å². The summed E-state index contributed by atoms with van der Waals surface area (Å²) in [5, 5.41) is 0. The molecule has 58 valence electrons. The van der Waals surface area contributed by atoms with E-state index in [0.717, 1.165) is 18.5 Å². The second-order valence-corrected chi connectivity index (χ2v) is 2.91. The fraction of sp³-hybridized carbons (Fsp3) is 0.444. The number of hydrogen-bond acceptors (Lipinski definition) is 2. The van der Waals surface area contributed by atoms with Gasteiger partial charge in [0.25, 0.3) is 0 Å². The first-order chi connectivity index (χ1) is 5.37. The Morgan fingerprint density at radius 1 is 1.45 bits per heavy atom. The summed E-state index contributed by atoms with van der Waals surface area (Å²) in [6.45, 7) is 0. The van der Waals surface area contributed by atoms with Crippen LogP contribution in [0.1, 0.15) is 18.5 Å². The van der Waals surface area contributed by atoms with E-state index < -0.39 is 0 Å². The Labute approximate surface area is 66.2 Å². The van der Waals surface area contributed by atoms with E-state index in [1.807, 2.05) is 24.4 Å². The van der Waals surface area contributed by atoms with E-state index in [4.69, 9.17) is 4.74 Å². The summed E-state index contributed by atoms with van der Waals surface area (Å²) in [7, 11) is 1.75. The highest BCUT2D eigenvalue weighted by molar-refractivity contribution is 5.19. The van der Waals surface area contributed by atoms with Crippen LogP contribution in [0.25, 0.3) is 0 Å². The van der Waals surface area contributed by atoms with E-state index in [9.17, 15) is 0 Å². The molecule has 2 heteroatoms. The van der Waals surface area contributed by atoms with Crippen LogP contribution >= 0.6 is 0 Å². The maximum Gasteiger partial charge on any atom is 0.110 e. The van der Waals surface area contributed by atoms with E-state index in [1.54, 1.807) is 7.11 Å². The molecule has 0 N–H and O–H groups in total. The number of ether oxygens (including phenoxy) is 1. The van der Waals surface area contributed by atoms with Gasteiger partial charge in [0.1, 0.15) is 5.60 Å². The number of nitrogens with zero attached hydrogens (tertiary/aromatic N) is 1. The first kappa shape index (κ1) is 6.80. The zero-order valence-electron chi connectivity index (χ0n) is 6.58. The van der Waals surface area contributed by atoms with Crippen molar-refractivity contribution in [3.05, 3.63) is 30.1 Å². The lowest BCUT2D eigenvalue weighted by molar-refractivity contribution is 0.0752. The molecule has 0 aromatic carbocycles. The Morgan fingerprint density at radius 3 is 2.73 bits per heavy atom. The van der Waals surface area contributed by atoms with Gasteiger partial charge in [-0.1, -0.05) is 6.07 Å². The van der Waals surface area contributed by atoms with E-state index in [0.29, 0.717) is 0 Å². The van der Waals surface area contributed by atoms with Gasteiger partial charge in [-0.3, -0.25) is 4.98 Å². The highest BCUT2D eigenvalue weighted by Gasteiger charge is 2.45. The van der Waals surface area contributed by atoms with E-state index >= 15 is 0 Å². The number of pyridine rings is 1. The van der Waals surface area contributed by atoms with Crippen LogP contribution in [0.5, 0.6) is 0 Å². The molecule has 1 aromatic heterocycles. The lowest BCUT2D eigenvalue weighted by Crippen LogP contribution is -2.10. The van der Waals surface area contributed by atoms with Crippen molar-refractivity contribution in [2.24, 2.45) is 0 Å². The van der Waals surface area contributed by atoms with Crippen LogP contribution in [-0.4, -0.2) is 12.1 Å². The second-order valence-electron chi connectivity index (χ2n) is 2.91. The molecular formula is C9H11NO. The average Bonchev–Trinajstić information content (AvgIpc) is 2.86. The molecule has 0 atom stereocenters. The lowest BCUT2D eigenvalue weighted by Gasteiger charge is -2.10. The van der Waals surface area contributed by atoms with Crippen LogP contribution in [0.4, 0.5) is 0 Å². The van der Waals surface area contributed by atoms with Gasteiger partial charge in [0, 0.05) is 13.3 Å². The molecule has 0 bridgehead atoms. The Hall–Kier alpha value is -0.890. The molecule has 2 nitrogen and oxygen atoms in total. The summed E-state index contributed by atoms with van der Waals surface area (Å²) in [4.78, 5) is 4.26. The first-order valence-corrected chi connectivity index (χ1v) is 3.84. The Morgan fingerprint density at radius 2 is 2.27 bits per heavy atom. The maximum atomic E-state index is 5.37. The van der Waals surface area contributed by atoms with E-state index in [1.165, 1.54) is 0 Å². The standard InChI is InChI=1S/C9H11NO/c1-11-9(5-6-9)8-4-2-3-7-10-8/h2-4,7H,5-6H2,1H3. The summed E-state index contributed by atoms with van der Waals surface area (Å²) in [5.74, 6) is 0. The molecule has 1 aromatic rings. The number of aromatic nitrogens is 1. The monoisotopic (exact) mass is 149 g/mol. The molecule has 1 aliphatic rings. The average molecular weight is 149 g/mol. The molecular weight excluding hydrogens is 138 g/mol. The summed E-state index contributed by atoms with van der Waals surface area (Å²) in [6.07, 6.45) is 4.04. The van der Waals surface area contributed by atoms with Gasteiger partial charge in [0.05, 0.1) is 5.69 Å². The largest absolute Gasteiger partial charge is 0.372 e. The molecule has 2 rings (SSSR count). The molecule has 0 saturated heterocycles. The molecule has 0 unspecified atom stereocenters. The van der Waals surface area contributed by atoms with Crippen LogP contribution in [0.15, 0.2) is 24.4 Å². The number of rotatable bonds is 2. The maximum absolute atomic E-state index is 5.37. The minimum atomic E-state index is -0.0265. The molecule has 0 amide bonds. The normalized spacial score (nSPS) is 19.7. The van der Waals surface area contributed by atoms with Gasteiger partial charge in [0.15, 0.2) is 0 Å². The van der Waals surface area contributed by atoms with Gasteiger partial charge in [-0.2, -0.15) is 0 Å². The lowest BCUT2D eigenvalue weighted by atomic mass is 10.2. The summed E-state index contributed by atoms with van der Waals surface area (Å²) >= 11 is 0. The number of methoxy groups -OCH3 is 1. The quantitative estimate of drug-likeness (QED) is 0.638. The molecule has 0 radical (unpaired) electrons. The zero-order chi connectivity index (χ0) is 7.73. The minimum absolute atomic E-state index is 0.0265. The predicted molar refractivity (Wildman–Crippen MR) is 42.2 cm³/mol. The molecule has 11 heavy (non-hydrogen) atoms. The van der Waals surface area contributed by atoms with Crippen molar-refractivity contribution in [2.75, 3.05) is 7.11 Å². The van der Waals surface area contributed by atoms with Crippen molar-refractivity contribution in [3.8, 4) is 0 Å². The third-order valence-corrected chi connectivity index (χ3v) is 2.23. The van der Waals surface area contributed by atoms with Crippen molar-refractivity contribution >= 4 is 0 Å². The van der Waals surface area contributed by atoms with Crippen molar-refractivity contribution in [1.29, 1.82) is 0 Å². The molecule has 1 aliphatic carbocycles. The van der Waals surface area contributed by atoms with Crippen LogP contribution in [-0.2, 0) is 10.3 Å². The molecule has 1 saturated carbocycles. The third kappa shape index (κ3) is 1.03. The topological polar surface area (TPSA) is 22.1 Å². The summed E-state index contributed by atoms with van der Waals surface area (Å²) in [6, 6.07) is 5.95. The summed E-state index contributed by atoms with van der Waals surface area (Å²) in [5.41, 5.74) is 1.05. The summed E-state index contributed by atoms with van der Waals surface area (Å²) < 4.78 is 5.37. The van der Waals surface area contributed by atoms with Gasteiger partial charge in [-0.15, -0.1) is 0 Å². The highest BCUT2D eigenvalue weighted by atomic mass is 16.5. The van der Waals surface area contributed by atoms with Crippen molar-refractivity contribution in [2.45, 2.75) is 18.4 Å². The zero-order valence-corrected chi connectivity index (χ0v) is 6.58. The van der Waals surface area contributed by atoms with Crippen LogP contribution in [0.3, 0.4) is 0 Å². The predicted octanol–water partition coefficient (Wildman–Crippen LogP) is 1.72. The third-order valence-electron chi connectivity index (χ3n) is 2.23. The van der Waals surface area contributed by atoms with Crippen LogP contribution < -0.4 is 0 Å². The highest BCUT2D eigenvalue weighted by Crippen LogP contribution is 2.47.